The Bertz CT molecular complexity index is 576. The van der Waals surface area contributed by atoms with Crippen LogP contribution in [0, 0.1) is 18.3 Å². The molecular formula is C14H15N3O. The largest absolute Gasteiger partial charge is 0.491 e. The van der Waals surface area contributed by atoms with Gasteiger partial charge in [-0.1, -0.05) is 0 Å². The lowest BCUT2D eigenvalue weighted by molar-refractivity contribution is 0.242. The minimum atomic E-state index is 0.160. The summed E-state index contributed by atoms with van der Waals surface area (Å²) in [6.45, 7) is 5.89. The van der Waals surface area contributed by atoms with Gasteiger partial charge in [0, 0.05) is 11.3 Å². The molecule has 0 saturated heterocycles. The molecule has 0 atom stereocenters. The highest BCUT2D eigenvalue weighted by Gasteiger charge is 2.08. The van der Waals surface area contributed by atoms with Crippen molar-refractivity contribution < 1.29 is 4.74 Å². The monoisotopic (exact) mass is 241 g/mol. The number of aryl methyl sites for hydroxylation is 1. The molecule has 0 saturated carbocycles. The molecule has 1 aromatic carbocycles. The van der Waals surface area contributed by atoms with Crippen molar-refractivity contribution in [3.8, 4) is 23.1 Å². The number of nitrogens with one attached hydrogen (secondary N) is 1. The maximum atomic E-state index is 8.80. The molecule has 0 aliphatic rings. The molecule has 1 aromatic heterocycles. The van der Waals surface area contributed by atoms with E-state index in [0.29, 0.717) is 5.82 Å². The lowest BCUT2D eigenvalue weighted by Crippen LogP contribution is -2.05. The van der Waals surface area contributed by atoms with Gasteiger partial charge in [0.05, 0.1) is 11.8 Å². The van der Waals surface area contributed by atoms with E-state index >= 15 is 0 Å². The third-order valence-electron chi connectivity index (χ3n) is 2.49. The molecule has 0 bridgehead atoms. The maximum absolute atomic E-state index is 8.80. The normalized spacial score (nSPS) is 10.4. The van der Waals surface area contributed by atoms with Gasteiger partial charge in [0.25, 0.3) is 0 Å². The molecule has 2 rings (SSSR count). The smallest absolute Gasteiger partial charge is 0.210 e. The van der Waals surface area contributed by atoms with Crippen LogP contribution in [-0.4, -0.2) is 16.1 Å². The topological polar surface area (TPSA) is 61.7 Å². The van der Waals surface area contributed by atoms with Gasteiger partial charge in [-0.05, 0) is 45.0 Å². The van der Waals surface area contributed by atoms with E-state index in [0.717, 1.165) is 22.7 Å². The summed E-state index contributed by atoms with van der Waals surface area (Å²) in [6.07, 6.45) is 0.160. The molecular weight excluding hydrogens is 226 g/mol. The van der Waals surface area contributed by atoms with E-state index < -0.39 is 0 Å². The highest BCUT2D eigenvalue weighted by Crippen LogP contribution is 2.24. The van der Waals surface area contributed by atoms with E-state index in [1.807, 2.05) is 51.1 Å². The third-order valence-corrected chi connectivity index (χ3v) is 2.49. The number of imidazole rings is 1. The van der Waals surface area contributed by atoms with Crippen molar-refractivity contribution in [2.24, 2.45) is 0 Å². The molecule has 92 valence electrons. The first-order valence-corrected chi connectivity index (χ1v) is 5.84. The zero-order valence-electron chi connectivity index (χ0n) is 10.7. The van der Waals surface area contributed by atoms with Gasteiger partial charge >= 0.3 is 0 Å². The van der Waals surface area contributed by atoms with Crippen LogP contribution in [0.4, 0.5) is 0 Å². The number of rotatable bonds is 3. The number of ether oxygens (including phenoxy) is 1. The SMILES string of the molecule is Cc1[nH]c(C#N)nc1-c1ccc(OC(C)C)cc1. The summed E-state index contributed by atoms with van der Waals surface area (Å²) < 4.78 is 5.58. The van der Waals surface area contributed by atoms with Crippen LogP contribution in [-0.2, 0) is 0 Å². The molecule has 1 N–H and O–H groups in total. The summed E-state index contributed by atoms with van der Waals surface area (Å²) >= 11 is 0. The molecule has 4 heteroatoms. The van der Waals surface area contributed by atoms with Gasteiger partial charge < -0.3 is 9.72 Å². The van der Waals surface area contributed by atoms with E-state index in [1.165, 1.54) is 0 Å². The van der Waals surface area contributed by atoms with Crippen LogP contribution in [0.2, 0.25) is 0 Å². The van der Waals surface area contributed by atoms with Crippen LogP contribution < -0.4 is 4.74 Å². The minimum absolute atomic E-state index is 0.160. The molecule has 2 aromatic rings. The van der Waals surface area contributed by atoms with Gasteiger partial charge in [-0.2, -0.15) is 5.26 Å². The van der Waals surface area contributed by atoms with Crippen LogP contribution in [0.1, 0.15) is 25.4 Å². The highest BCUT2D eigenvalue weighted by atomic mass is 16.5. The van der Waals surface area contributed by atoms with Crippen LogP contribution in [0.15, 0.2) is 24.3 Å². The van der Waals surface area contributed by atoms with Crippen molar-refractivity contribution in [3.63, 3.8) is 0 Å². The number of aromatic amines is 1. The van der Waals surface area contributed by atoms with E-state index in [1.54, 1.807) is 0 Å². The summed E-state index contributed by atoms with van der Waals surface area (Å²) in [5, 5.41) is 8.80. The van der Waals surface area contributed by atoms with E-state index in [4.69, 9.17) is 10.00 Å². The van der Waals surface area contributed by atoms with Gasteiger partial charge in [0.1, 0.15) is 11.8 Å². The molecule has 0 spiro atoms. The van der Waals surface area contributed by atoms with Crippen molar-refractivity contribution in [3.05, 3.63) is 35.8 Å². The van der Waals surface area contributed by atoms with E-state index in [9.17, 15) is 0 Å². The van der Waals surface area contributed by atoms with Crippen molar-refractivity contribution >= 4 is 0 Å². The summed E-state index contributed by atoms with van der Waals surface area (Å²) in [7, 11) is 0. The summed E-state index contributed by atoms with van der Waals surface area (Å²) in [5.74, 6) is 1.17. The second kappa shape index (κ2) is 4.92. The molecule has 0 radical (unpaired) electrons. The van der Waals surface area contributed by atoms with Gasteiger partial charge in [-0.15, -0.1) is 0 Å². The Kier molecular flexibility index (Phi) is 3.33. The quantitative estimate of drug-likeness (QED) is 0.898. The number of hydrogen-bond donors (Lipinski definition) is 1. The number of nitriles is 1. The lowest BCUT2D eigenvalue weighted by Gasteiger charge is -2.09. The number of nitrogens with zero attached hydrogens (tertiary/aromatic N) is 2. The van der Waals surface area contributed by atoms with E-state index in [2.05, 4.69) is 9.97 Å². The fourth-order valence-corrected chi connectivity index (χ4v) is 1.76. The fourth-order valence-electron chi connectivity index (χ4n) is 1.76. The zero-order chi connectivity index (χ0) is 13.1. The van der Waals surface area contributed by atoms with Gasteiger partial charge in [0.2, 0.25) is 5.82 Å². The molecule has 0 aliphatic carbocycles. The Morgan fingerprint density at radius 3 is 2.44 bits per heavy atom. The Morgan fingerprint density at radius 2 is 1.94 bits per heavy atom. The van der Waals surface area contributed by atoms with Crippen molar-refractivity contribution in [1.29, 1.82) is 5.26 Å². The number of hydrogen-bond acceptors (Lipinski definition) is 3. The molecule has 0 amide bonds. The molecule has 4 nitrogen and oxygen atoms in total. The predicted molar refractivity (Wildman–Crippen MR) is 69.2 cm³/mol. The van der Waals surface area contributed by atoms with Crippen LogP contribution >= 0.6 is 0 Å². The first-order valence-electron chi connectivity index (χ1n) is 5.84. The first-order chi connectivity index (χ1) is 8.60. The molecule has 0 fully saturated rings. The Morgan fingerprint density at radius 1 is 1.28 bits per heavy atom. The summed E-state index contributed by atoms with van der Waals surface area (Å²) in [4.78, 5) is 7.17. The van der Waals surface area contributed by atoms with Crippen molar-refractivity contribution in [2.75, 3.05) is 0 Å². The Balaban J connectivity index is 2.29. The van der Waals surface area contributed by atoms with Gasteiger partial charge in [-0.3, -0.25) is 0 Å². The van der Waals surface area contributed by atoms with Crippen LogP contribution in [0.3, 0.4) is 0 Å². The molecule has 18 heavy (non-hydrogen) atoms. The van der Waals surface area contributed by atoms with Gasteiger partial charge in [0.15, 0.2) is 0 Å². The second-order valence-corrected chi connectivity index (χ2v) is 4.36. The molecule has 0 aliphatic heterocycles. The average Bonchev–Trinajstić information content (AvgIpc) is 2.71. The van der Waals surface area contributed by atoms with Crippen LogP contribution in [0.5, 0.6) is 5.75 Å². The highest BCUT2D eigenvalue weighted by molar-refractivity contribution is 5.63. The number of aromatic nitrogens is 2. The number of benzene rings is 1. The van der Waals surface area contributed by atoms with Crippen LogP contribution in [0.25, 0.3) is 11.3 Å². The minimum Gasteiger partial charge on any atom is -0.491 e. The molecule has 0 unspecified atom stereocenters. The zero-order valence-corrected chi connectivity index (χ0v) is 10.7. The third kappa shape index (κ3) is 2.51. The summed E-state index contributed by atoms with van der Waals surface area (Å²) in [6, 6.07) is 9.72. The van der Waals surface area contributed by atoms with Gasteiger partial charge in [-0.25, -0.2) is 4.98 Å². The fraction of sp³-hybridized carbons (Fsp3) is 0.286. The second-order valence-electron chi connectivity index (χ2n) is 4.36. The first kappa shape index (κ1) is 12.2. The van der Waals surface area contributed by atoms with E-state index in [-0.39, 0.29) is 6.10 Å². The predicted octanol–water partition coefficient (Wildman–Crippen LogP) is 3.04. The lowest BCUT2D eigenvalue weighted by atomic mass is 10.1. The Labute approximate surface area is 106 Å². The summed E-state index contributed by atoms with van der Waals surface area (Å²) in [5.41, 5.74) is 2.67. The maximum Gasteiger partial charge on any atom is 0.210 e. The standard InChI is InChI=1S/C14H15N3O/c1-9(2)18-12-6-4-11(5-7-12)14-10(3)16-13(8-15)17-14/h4-7,9H,1-3H3,(H,16,17). The van der Waals surface area contributed by atoms with Crippen molar-refractivity contribution in [2.45, 2.75) is 26.9 Å². The number of H-pyrrole nitrogens is 1. The average molecular weight is 241 g/mol. The Hall–Kier alpha value is -2.28. The van der Waals surface area contributed by atoms with Crippen molar-refractivity contribution in [1.82, 2.24) is 9.97 Å². The molecule has 1 heterocycles.